The molecule has 54 valence electrons. The van der Waals surface area contributed by atoms with E-state index in [0.29, 0.717) is 5.75 Å². The van der Waals surface area contributed by atoms with Gasteiger partial charge in [-0.15, -0.1) is 0 Å². The lowest BCUT2D eigenvalue weighted by atomic mass is 10.2. The number of benzene rings is 1. The molecular weight excluding hydrogens is 130 g/mol. The normalized spacial score (nSPS) is 9.40. The Morgan fingerprint density at radius 2 is 2.20 bits per heavy atom. The monoisotopic (exact) mass is 139 g/mol. The van der Waals surface area contributed by atoms with Crippen LogP contribution in [0.25, 0.3) is 0 Å². The third kappa shape index (κ3) is 1.19. The largest absolute Gasteiger partial charge is 0.504 e. The average Bonchev–Trinajstić information content (AvgIpc) is 1.94. The minimum Gasteiger partial charge on any atom is -0.504 e. The van der Waals surface area contributed by atoms with E-state index >= 15 is 0 Å². The Hall–Kier alpha value is -1.22. The fraction of sp³-hybridized carbons (Fsp3) is 0.143. The van der Waals surface area contributed by atoms with Crippen molar-refractivity contribution in [2.45, 2.75) is 6.92 Å². The predicted molar refractivity (Wildman–Crippen MR) is 37.7 cm³/mol. The van der Waals surface area contributed by atoms with Gasteiger partial charge in [-0.2, -0.15) is 5.90 Å². The van der Waals surface area contributed by atoms with Gasteiger partial charge in [-0.05, 0) is 24.6 Å². The number of phenols is 1. The predicted octanol–water partition coefficient (Wildman–Crippen LogP) is 0.953. The van der Waals surface area contributed by atoms with Crippen LogP contribution in [-0.4, -0.2) is 5.11 Å². The zero-order chi connectivity index (χ0) is 7.56. The van der Waals surface area contributed by atoms with E-state index in [4.69, 9.17) is 11.0 Å². The van der Waals surface area contributed by atoms with Crippen molar-refractivity contribution in [3.05, 3.63) is 23.8 Å². The lowest BCUT2D eigenvalue weighted by Crippen LogP contribution is -2.01. The summed E-state index contributed by atoms with van der Waals surface area (Å²) >= 11 is 0. The van der Waals surface area contributed by atoms with Crippen molar-refractivity contribution in [2.24, 2.45) is 5.90 Å². The number of nitrogens with two attached hydrogens (primary N) is 1. The molecule has 0 unspecified atom stereocenters. The Labute approximate surface area is 59.0 Å². The standard InChI is InChI=1S/C7H9NO2/c1-5-2-3-6(9)7(4-5)10-8/h2-4,9H,8H2,1H3. The molecule has 0 spiro atoms. The maximum Gasteiger partial charge on any atom is 0.188 e. The Morgan fingerprint density at radius 1 is 1.50 bits per heavy atom. The molecule has 0 heterocycles. The van der Waals surface area contributed by atoms with Crippen molar-refractivity contribution in [1.29, 1.82) is 0 Å². The third-order valence-corrected chi connectivity index (χ3v) is 1.24. The van der Waals surface area contributed by atoms with Gasteiger partial charge in [-0.25, -0.2) is 0 Å². The molecule has 1 aromatic carbocycles. The molecule has 10 heavy (non-hydrogen) atoms. The SMILES string of the molecule is Cc1ccc(O)c(ON)c1. The highest BCUT2D eigenvalue weighted by Crippen LogP contribution is 2.24. The molecule has 1 aromatic rings. The van der Waals surface area contributed by atoms with Crippen molar-refractivity contribution in [3.63, 3.8) is 0 Å². The van der Waals surface area contributed by atoms with Gasteiger partial charge in [0.2, 0.25) is 0 Å². The minimum absolute atomic E-state index is 0.0631. The molecule has 3 nitrogen and oxygen atoms in total. The van der Waals surface area contributed by atoms with E-state index in [-0.39, 0.29) is 5.75 Å². The van der Waals surface area contributed by atoms with E-state index in [2.05, 4.69) is 4.84 Å². The van der Waals surface area contributed by atoms with Gasteiger partial charge in [0.1, 0.15) is 0 Å². The Morgan fingerprint density at radius 3 is 2.70 bits per heavy atom. The molecule has 3 heteroatoms. The van der Waals surface area contributed by atoms with Crippen LogP contribution in [0, 0.1) is 6.92 Å². The van der Waals surface area contributed by atoms with Crippen LogP contribution in [0.4, 0.5) is 0 Å². The van der Waals surface area contributed by atoms with Gasteiger partial charge in [0.25, 0.3) is 0 Å². The average molecular weight is 139 g/mol. The van der Waals surface area contributed by atoms with E-state index in [9.17, 15) is 0 Å². The number of phenolic OH excluding ortho intramolecular Hbond substituents is 1. The first-order valence-electron chi connectivity index (χ1n) is 2.90. The fourth-order valence-corrected chi connectivity index (χ4v) is 0.716. The molecule has 0 fully saturated rings. The van der Waals surface area contributed by atoms with E-state index < -0.39 is 0 Å². The molecule has 3 N–H and O–H groups in total. The van der Waals surface area contributed by atoms with Crippen molar-refractivity contribution in [3.8, 4) is 11.5 Å². The van der Waals surface area contributed by atoms with Crippen LogP contribution >= 0.6 is 0 Å². The molecule has 1 rings (SSSR count). The van der Waals surface area contributed by atoms with Gasteiger partial charge in [-0.1, -0.05) is 6.07 Å². The van der Waals surface area contributed by atoms with Crippen LogP contribution in [-0.2, 0) is 0 Å². The van der Waals surface area contributed by atoms with Gasteiger partial charge in [0.15, 0.2) is 11.5 Å². The summed E-state index contributed by atoms with van der Waals surface area (Å²) in [6, 6.07) is 4.98. The van der Waals surface area contributed by atoms with Crippen LogP contribution in [0.5, 0.6) is 11.5 Å². The maximum absolute atomic E-state index is 9.03. The van der Waals surface area contributed by atoms with E-state index in [1.807, 2.05) is 6.92 Å². The third-order valence-electron chi connectivity index (χ3n) is 1.24. The zero-order valence-corrected chi connectivity index (χ0v) is 5.66. The number of hydrogen-bond donors (Lipinski definition) is 2. The molecule has 0 saturated carbocycles. The van der Waals surface area contributed by atoms with Crippen LogP contribution in [0.15, 0.2) is 18.2 Å². The second kappa shape index (κ2) is 2.58. The van der Waals surface area contributed by atoms with Gasteiger partial charge >= 0.3 is 0 Å². The summed E-state index contributed by atoms with van der Waals surface area (Å²) in [5, 5.41) is 9.03. The molecule has 0 radical (unpaired) electrons. The smallest absolute Gasteiger partial charge is 0.188 e. The molecule has 0 aliphatic rings. The summed E-state index contributed by atoms with van der Waals surface area (Å²) < 4.78 is 0. The van der Waals surface area contributed by atoms with E-state index in [1.54, 1.807) is 12.1 Å². The maximum atomic E-state index is 9.03. The number of hydrogen-bond acceptors (Lipinski definition) is 3. The Bertz CT molecular complexity index is 235. The van der Waals surface area contributed by atoms with Gasteiger partial charge < -0.3 is 9.94 Å². The highest BCUT2D eigenvalue weighted by Gasteiger charge is 1.98. The quantitative estimate of drug-likeness (QED) is 0.569. The second-order valence-corrected chi connectivity index (χ2v) is 2.09. The molecule has 0 aromatic heterocycles. The summed E-state index contributed by atoms with van der Waals surface area (Å²) in [5.41, 5.74) is 0.998. The number of aromatic hydroxyl groups is 1. The van der Waals surface area contributed by atoms with Crippen LogP contribution < -0.4 is 10.7 Å². The van der Waals surface area contributed by atoms with Crippen LogP contribution in [0.3, 0.4) is 0 Å². The first-order valence-corrected chi connectivity index (χ1v) is 2.90. The molecule has 0 bridgehead atoms. The molecule has 0 atom stereocenters. The molecule has 0 amide bonds. The Balaban J connectivity index is 3.09. The van der Waals surface area contributed by atoms with E-state index in [1.165, 1.54) is 6.07 Å². The summed E-state index contributed by atoms with van der Waals surface area (Å²) in [5.74, 6) is 5.23. The lowest BCUT2D eigenvalue weighted by Gasteiger charge is -2.01. The minimum atomic E-state index is 0.0631. The Kier molecular flexibility index (Phi) is 1.78. The molecule has 0 aliphatic heterocycles. The van der Waals surface area contributed by atoms with Crippen molar-refractivity contribution < 1.29 is 9.94 Å². The van der Waals surface area contributed by atoms with Crippen LogP contribution in [0.2, 0.25) is 0 Å². The van der Waals surface area contributed by atoms with E-state index in [0.717, 1.165) is 5.56 Å². The zero-order valence-electron chi connectivity index (χ0n) is 5.66. The molecule has 0 aliphatic carbocycles. The number of rotatable bonds is 1. The van der Waals surface area contributed by atoms with Crippen molar-refractivity contribution in [1.82, 2.24) is 0 Å². The van der Waals surface area contributed by atoms with Crippen molar-refractivity contribution >= 4 is 0 Å². The van der Waals surface area contributed by atoms with Gasteiger partial charge in [0.05, 0.1) is 0 Å². The highest BCUT2D eigenvalue weighted by molar-refractivity contribution is 5.40. The number of aryl methyl sites for hydroxylation is 1. The summed E-state index contributed by atoms with van der Waals surface area (Å²) in [6.07, 6.45) is 0. The first kappa shape index (κ1) is 6.89. The molecular formula is C7H9NO2. The second-order valence-electron chi connectivity index (χ2n) is 2.09. The summed E-state index contributed by atoms with van der Waals surface area (Å²) in [7, 11) is 0. The summed E-state index contributed by atoms with van der Waals surface area (Å²) in [4.78, 5) is 4.38. The van der Waals surface area contributed by atoms with Gasteiger partial charge in [0, 0.05) is 0 Å². The highest BCUT2D eigenvalue weighted by atomic mass is 16.6. The fourth-order valence-electron chi connectivity index (χ4n) is 0.716. The summed E-state index contributed by atoms with van der Waals surface area (Å²) in [6.45, 7) is 1.89. The van der Waals surface area contributed by atoms with Crippen LogP contribution in [0.1, 0.15) is 5.56 Å². The lowest BCUT2D eigenvalue weighted by molar-refractivity contribution is 0.312. The topological polar surface area (TPSA) is 55.5 Å². The first-order chi connectivity index (χ1) is 4.74. The molecule has 0 saturated heterocycles. The van der Waals surface area contributed by atoms with Gasteiger partial charge in [-0.3, -0.25) is 0 Å². The van der Waals surface area contributed by atoms with Crippen molar-refractivity contribution in [2.75, 3.05) is 0 Å².